The predicted molar refractivity (Wildman–Crippen MR) is 72.4 cm³/mol. The van der Waals surface area contributed by atoms with Gasteiger partial charge in [0.15, 0.2) is 5.75 Å². The molecule has 3 nitrogen and oxygen atoms in total. The molecule has 0 heterocycles. The van der Waals surface area contributed by atoms with Gasteiger partial charge in [0.1, 0.15) is 5.82 Å². The Morgan fingerprint density at radius 1 is 1.00 bits per heavy atom. The van der Waals surface area contributed by atoms with Gasteiger partial charge >= 0.3 is 15.6 Å². The molecule has 0 aliphatic carbocycles. The van der Waals surface area contributed by atoms with Crippen LogP contribution in [-0.2, 0) is 10.1 Å². The number of hydrogen-bond acceptors (Lipinski definition) is 3. The fraction of sp³-hybridized carbons (Fsp3) is 0.0769. The minimum Gasteiger partial charge on any atom is -0.375 e. The molecule has 2 aromatic rings. The summed E-state index contributed by atoms with van der Waals surface area (Å²) in [6.07, 6.45) is 0. The number of alkyl halides is 3. The minimum atomic E-state index is -5.82. The molecule has 22 heavy (non-hydrogen) atoms. The molecule has 0 saturated carbocycles. The van der Waals surface area contributed by atoms with E-state index >= 15 is 0 Å². The van der Waals surface area contributed by atoms with Crippen LogP contribution in [0.25, 0.3) is 11.1 Å². The highest BCUT2D eigenvalue weighted by Crippen LogP contribution is 2.36. The molecule has 2 aromatic carbocycles. The van der Waals surface area contributed by atoms with Crippen molar-refractivity contribution in [2.24, 2.45) is 0 Å². The van der Waals surface area contributed by atoms with Crippen LogP contribution in [-0.4, -0.2) is 13.9 Å². The lowest BCUT2D eigenvalue weighted by Crippen LogP contribution is -2.28. The summed E-state index contributed by atoms with van der Waals surface area (Å²) < 4.78 is 76.4. The molecule has 0 fully saturated rings. The molecule has 0 amide bonds. The molecule has 0 unspecified atom stereocenters. The quantitative estimate of drug-likeness (QED) is 0.467. The van der Waals surface area contributed by atoms with Crippen LogP contribution >= 0.6 is 11.6 Å². The molecule has 0 spiro atoms. The van der Waals surface area contributed by atoms with Gasteiger partial charge in [0.2, 0.25) is 0 Å². The molecule has 0 aliphatic rings. The maximum absolute atomic E-state index is 12.9. The highest BCUT2D eigenvalue weighted by Gasteiger charge is 2.48. The van der Waals surface area contributed by atoms with Crippen molar-refractivity contribution in [2.45, 2.75) is 5.51 Å². The van der Waals surface area contributed by atoms with E-state index in [9.17, 15) is 26.0 Å². The fourth-order valence-electron chi connectivity index (χ4n) is 1.60. The van der Waals surface area contributed by atoms with Crippen molar-refractivity contribution in [3.63, 3.8) is 0 Å². The van der Waals surface area contributed by atoms with Gasteiger partial charge in [-0.15, -0.1) is 0 Å². The zero-order valence-electron chi connectivity index (χ0n) is 10.6. The van der Waals surface area contributed by atoms with E-state index in [-0.39, 0.29) is 16.1 Å². The summed E-state index contributed by atoms with van der Waals surface area (Å²) in [5, 5.41) is 0.149. The van der Waals surface area contributed by atoms with Crippen LogP contribution in [0, 0.1) is 5.82 Å². The Kier molecular flexibility index (Phi) is 4.35. The molecular formula is C13H7ClF4O3S. The molecule has 0 N–H and O–H groups in total. The van der Waals surface area contributed by atoms with E-state index in [1.165, 1.54) is 24.3 Å². The summed E-state index contributed by atoms with van der Waals surface area (Å²) in [7, 11) is -5.82. The molecule has 0 bridgehead atoms. The number of halogens is 5. The normalized spacial score (nSPS) is 12.2. The van der Waals surface area contributed by atoms with Crippen LogP contribution in [0.15, 0.2) is 42.5 Å². The highest BCUT2D eigenvalue weighted by atomic mass is 35.5. The largest absolute Gasteiger partial charge is 0.534 e. The predicted octanol–water partition coefficient (Wildman–Crippen LogP) is 4.37. The molecule has 0 aromatic heterocycles. The monoisotopic (exact) mass is 354 g/mol. The van der Waals surface area contributed by atoms with E-state index in [4.69, 9.17) is 11.6 Å². The molecule has 118 valence electrons. The number of hydrogen-bond donors (Lipinski definition) is 0. The Morgan fingerprint density at radius 3 is 2.14 bits per heavy atom. The van der Waals surface area contributed by atoms with Gasteiger partial charge in [-0.1, -0.05) is 23.7 Å². The summed E-state index contributed by atoms with van der Waals surface area (Å²) in [6, 6.07) is 8.04. The van der Waals surface area contributed by atoms with Gasteiger partial charge in [0.05, 0.1) is 0 Å². The first-order chi connectivity index (χ1) is 10.1. The first-order valence-corrected chi connectivity index (χ1v) is 7.45. The van der Waals surface area contributed by atoms with Crippen LogP contribution < -0.4 is 4.18 Å². The van der Waals surface area contributed by atoms with E-state index in [1.807, 2.05) is 0 Å². The summed E-state index contributed by atoms with van der Waals surface area (Å²) in [5.41, 5.74) is -5.33. The third-order valence-corrected chi connectivity index (χ3v) is 3.78. The lowest BCUT2D eigenvalue weighted by molar-refractivity contribution is -0.0499. The molecule has 9 heteroatoms. The van der Waals surface area contributed by atoms with Crippen molar-refractivity contribution < 1.29 is 30.2 Å². The van der Waals surface area contributed by atoms with Crippen LogP contribution in [0.2, 0.25) is 5.02 Å². The Morgan fingerprint density at radius 2 is 1.59 bits per heavy atom. The van der Waals surface area contributed by atoms with Crippen molar-refractivity contribution in [1.29, 1.82) is 0 Å². The molecular weight excluding hydrogens is 348 g/mol. The molecule has 0 aliphatic heterocycles. The molecule has 2 rings (SSSR count). The van der Waals surface area contributed by atoms with Gasteiger partial charge in [-0.3, -0.25) is 0 Å². The van der Waals surface area contributed by atoms with Gasteiger partial charge in [0, 0.05) is 10.6 Å². The van der Waals surface area contributed by atoms with Crippen molar-refractivity contribution in [2.75, 3.05) is 0 Å². The number of benzene rings is 2. The Labute approximate surface area is 128 Å². The summed E-state index contributed by atoms with van der Waals surface area (Å²) >= 11 is 5.76. The minimum absolute atomic E-state index is 0.0136. The molecule has 0 saturated heterocycles. The van der Waals surface area contributed by atoms with Crippen molar-refractivity contribution in [3.05, 3.63) is 53.3 Å². The van der Waals surface area contributed by atoms with E-state index in [1.54, 1.807) is 0 Å². The van der Waals surface area contributed by atoms with E-state index in [2.05, 4.69) is 4.18 Å². The average Bonchev–Trinajstić information content (AvgIpc) is 2.40. The summed E-state index contributed by atoms with van der Waals surface area (Å²) in [6.45, 7) is 0. The zero-order chi connectivity index (χ0) is 16.5. The van der Waals surface area contributed by atoms with E-state index < -0.39 is 27.2 Å². The lowest BCUT2D eigenvalue weighted by Gasteiger charge is -2.13. The topological polar surface area (TPSA) is 43.4 Å². The zero-order valence-corrected chi connectivity index (χ0v) is 12.1. The van der Waals surface area contributed by atoms with Crippen molar-refractivity contribution >= 4 is 21.7 Å². The van der Waals surface area contributed by atoms with Gasteiger partial charge in [-0.2, -0.15) is 21.6 Å². The molecule has 0 atom stereocenters. The second-order valence-corrected chi connectivity index (χ2v) is 6.10. The Hall–Kier alpha value is -1.80. The smallest absolute Gasteiger partial charge is 0.375 e. The van der Waals surface area contributed by atoms with Crippen LogP contribution in [0.5, 0.6) is 5.75 Å². The first kappa shape index (κ1) is 16.6. The van der Waals surface area contributed by atoms with Gasteiger partial charge in [0.25, 0.3) is 0 Å². The second-order valence-electron chi connectivity index (χ2n) is 4.13. The Bertz CT molecular complexity index is 786. The standard InChI is InChI=1S/C13H7ClF4O3S/c14-9-3-6-12(21-22(19,20)13(16,17)18)11(7-9)8-1-4-10(15)5-2-8/h1-7H. The Balaban J connectivity index is 2.52. The third-order valence-electron chi connectivity index (χ3n) is 2.58. The van der Waals surface area contributed by atoms with Crippen molar-refractivity contribution in [3.8, 4) is 16.9 Å². The summed E-state index contributed by atoms with van der Waals surface area (Å²) in [5.74, 6) is -1.12. The van der Waals surface area contributed by atoms with Crippen LogP contribution in [0.1, 0.15) is 0 Å². The fourth-order valence-corrected chi connectivity index (χ4v) is 2.24. The van der Waals surface area contributed by atoms with Gasteiger partial charge < -0.3 is 4.18 Å². The summed E-state index contributed by atoms with van der Waals surface area (Å²) in [4.78, 5) is 0. The molecule has 0 radical (unpaired) electrons. The third kappa shape index (κ3) is 3.50. The van der Waals surface area contributed by atoms with Crippen LogP contribution in [0.4, 0.5) is 17.6 Å². The SMILES string of the molecule is O=S(=O)(Oc1ccc(Cl)cc1-c1ccc(F)cc1)C(F)(F)F. The van der Waals surface area contributed by atoms with Crippen molar-refractivity contribution in [1.82, 2.24) is 0 Å². The van der Waals surface area contributed by atoms with Gasteiger partial charge in [-0.05, 0) is 35.9 Å². The second kappa shape index (κ2) is 5.77. The first-order valence-electron chi connectivity index (χ1n) is 5.66. The van der Waals surface area contributed by atoms with Gasteiger partial charge in [-0.25, -0.2) is 4.39 Å². The average molecular weight is 355 g/mol. The maximum Gasteiger partial charge on any atom is 0.534 e. The highest BCUT2D eigenvalue weighted by molar-refractivity contribution is 7.88. The maximum atomic E-state index is 12.9. The lowest BCUT2D eigenvalue weighted by atomic mass is 10.0. The van der Waals surface area contributed by atoms with Crippen LogP contribution in [0.3, 0.4) is 0 Å². The van der Waals surface area contributed by atoms with E-state index in [0.29, 0.717) is 0 Å². The number of rotatable bonds is 3. The van der Waals surface area contributed by atoms with E-state index in [0.717, 1.165) is 18.2 Å².